The van der Waals surface area contributed by atoms with Crippen LogP contribution in [0.4, 0.5) is 13.2 Å². The van der Waals surface area contributed by atoms with E-state index in [2.05, 4.69) is 5.10 Å². The van der Waals surface area contributed by atoms with E-state index in [1.165, 1.54) is 17.6 Å². The Morgan fingerprint density at radius 1 is 1.19 bits per heavy atom. The molecule has 0 aliphatic carbocycles. The number of rotatable bonds is 5. The molecule has 0 radical (unpaired) electrons. The Morgan fingerprint density at radius 2 is 1.92 bits per heavy atom. The van der Waals surface area contributed by atoms with Crippen molar-refractivity contribution in [2.75, 3.05) is 0 Å². The summed E-state index contributed by atoms with van der Waals surface area (Å²) in [6, 6.07) is 13.1. The second kappa shape index (κ2) is 7.30. The van der Waals surface area contributed by atoms with Gasteiger partial charge in [0.1, 0.15) is 11.4 Å². The van der Waals surface area contributed by atoms with E-state index in [1.54, 1.807) is 0 Å². The molecule has 26 heavy (non-hydrogen) atoms. The van der Waals surface area contributed by atoms with Crippen LogP contribution < -0.4 is 5.48 Å². The number of halogens is 3. The standard InChI is InChI=1S/C17H14F3N3O2S/c18-17(19,20)15-10-12(13-6-7-14(26-13)16(24)22-25)21-23(15)9-8-11-4-2-1-3-5-11/h1-7,10,25H,8-9H2,(H,22,24). The molecule has 2 N–H and O–H groups in total. The summed E-state index contributed by atoms with van der Waals surface area (Å²) in [6.07, 6.45) is -4.13. The van der Waals surface area contributed by atoms with Crippen LogP contribution in [0.1, 0.15) is 20.9 Å². The van der Waals surface area contributed by atoms with E-state index in [-0.39, 0.29) is 17.1 Å². The van der Waals surface area contributed by atoms with E-state index in [4.69, 9.17) is 5.21 Å². The lowest BCUT2D eigenvalue weighted by Gasteiger charge is -2.10. The molecule has 9 heteroatoms. The molecule has 0 aliphatic rings. The normalized spacial score (nSPS) is 11.5. The molecular weight excluding hydrogens is 367 g/mol. The van der Waals surface area contributed by atoms with E-state index in [0.717, 1.165) is 27.6 Å². The zero-order chi connectivity index (χ0) is 18.7. The second-order valence-corrected chi connectivity index (χ2v) is 6.56. The molecule has 3 rings (SSSR count). The van der Waals surface area contributed by atoms with Gasteiger partial charge < -0.3 is 0 Å². The number of aryl methyl sites for hydroxylation is 2. The van der Waals surface area contributed by atoms with Crippen LogP contribution in [0.25, 0.3) is 10.6 Å². The fourth-order valence-corrected chi connectivity index (χ4v) is 3.32. The predicted octanol–water partition coefficient (Wildman–Crippen LogP) is 3.99. The summed E-state index contributed by atoms with van der Waals surface area (Å²) < 4.78 is 40.9. The van der Waals surface area contributed by atoms with Crippen molar-refractivity contribution in [2.45, 2.75) is 19.1 Å². The summed E-state index contributed by atoms with van der Waals surface area (Å²) >= 11 is 0.951. The SMILES string of the molecule is O=C(NO)c1ccc(-c2cc(C(F)(F)F)n(CCc3ccccc3)n2)s1. The van der Waals surface area contributed by atoms with Crippen LogP contribution in [0.5, 0.6) is 0 Å². The third kappa shape index (κ3) is 3.94. The van der Waals surface area contributed by atoms with Crippen LogP contribution in [0.3, 0.4) is 0 Å². The third-order valence-corrected chi connectivity index (χ3v) is 4.82. The summed E-state index contributed by atoms with van der Waals surface area (Å²) in [6.45, 7) is 0.0776. The first-order chi connectivity index (χ1) is 12.4. The largest absolute Gasteiger partial charge is 0.433 e. The summed E-state index contributed by atoms with van der Waals surface area (Å²) in [4.78, 5) is 12.0. The molecule has 5 nitrogen and oxygen atoms in total. The number of hydroxylamine groups is 1. The van der Waals surface area contributed by atoms with Gasteiger partial charge in [-0.25, -0.2) is 5.48 Å². The molecule has 2 heterocycles. The minimum Gasteiger partial charge on any atom is -0.288 e. The molecule has 3 aromatic rings. The molecule has 0 atom stereocenters. The fourth-order valence-electron chi connectivity index (χ4n) is 2.47. The third-order valence-electron chi connectivity index (χ3n) is 3.71. The number of aromatic nitrogens is 2. The van der Waals surface area contributed by atoms with Gasteiger partial charge in [0.25, 0.3) is 5.91 Å². The van der Waals surface area contributed by atoms with E-state index >= 15 is 0 Å². The van der Waals surface area contributed by atoms with Crippen LogP contribution in [0.2, 0.25) is 0 Å². The number of thiophene rings is 1. The van der Waals surface area contributed by atoms with Crippen molar-refractivity contribution < 1.29 is 23.2 Å². The van der Waals surface area contributed by atoms with Gasteiger partial charge in [-0.2, -0.15) is 18.3 Å². The number of carbonyl (C=O) groups excluding carboxylic acids is 1. The topological polar surface area (TPSA) is 67.2 Å². The van der Waals surface area contributed by atoms with Crippen molar-refractivity contribution in [2.24, 2.45) is 0 Å². The maximum absolute atomic E-state index is 13.3. The quantitative estimate of drug-likeness (QED) is 0.519. The molecule has 1 aromatic carbocycles. The first kappa shape index (κ1) is 18.2. The van der Waals surface area contributed by atoms with Crippen LogP contribution >= 0.6 is 11.3 Å². The molecular formula is C17H14F3N3O2S. The van der Waals surface area contributed by atoms with E-state index < -0.39 is 17.8 Å². The monoisotopic (exact) mass is 381 g/mol. The average Bonchev–Trinajstić information content (AvgIpc) is 3.26. The summed E-state index contributed by atoms with van der Waals surface area (Å²) in [5.41, 5.74) is 1.69. The molecule has 0 spiro atoms. The van der Waals surface area contributed by atoms with Crippen molar-refractivity contribution in [1.82, 2.24) is 15.3 Å². The summed E-state index contributed by atoms with van der Waals surface area (Å²) in [5.74, 6) is -0.721. The number of nitrogens with one attached hydrogen (secondary N) is 1. The number of hydrogen-bond acceptors (Lipinski definition) is 4. The molecule has 1 amide bonds. The van der Waals surface area contributed by atoms with E-state index in [0.29, 0.717) is 11.3 Å². The van der Waals surface area contributed by atoms with Crippen LogP contribution in [-0.4, -0.2) is 20.9 Å². The van der Waals surface area contributed by atoms with Gasteiger partial charge in [-0.15, -0.1) is 11.3 Å². The first-order valence-electron chi connectivity index (χ1n) is 7.62. The molecule has 0 saturated carbocycles. The van der Waals surface area contributed by atoms with Gasteiger partial charge in [0.2, 0.25) is 0 Å². The second-order valence-electron chi connectivity index (χ2n) is 5.48. The number of carbonyl (C=O) groups is 1. The highest BCUT2D eigenvalue weighted by molar-refractivity contribution is 7.17. The van der Waals surface area contributed by atoms with Gasteiger partial charge in [0.05, 0.1) is 9.75 Å². The average molecular weight is 381 g/mol. The number of benzene rings is 1. The van der Waals surface area contributed by atoms with Gasteiger partial charge in [-0.3, -0.25) is 14.7 Å². The van der Waals surface area contributed by atoms with Gasteiger partial charge in [-0.1, -0.05) is 30.3 Å². The Bertz CT molecular complexity index is 904. The Kier molecular flexibility index (Phi) is 5.10. The minimum atomic E-state index is -4.54. The Morgan fingerprint density at radius 3 is 2.58 bits per heavy atom. The van der Waals surface area contributed by atoms with Crippen molar-refractivity contribution >= 4 is 17.2 Å². The minimum absolute atomic E-state index is 0.0776. The van der Waals surface area contributed by atoms with Gasteiger partial charge in [0.15, 0.2) is 0 Å². The molecule has 0 bridgehead atoms. The molecule has 136 valence electrons. The number of amides is 1. The van der Waals surface area contributed by atoms with E-state index in [9.17, 15) is 18.0 Å². The van der Waals surface area contributed by atoms with Crippen molar-refractivity contribution in [3.05, 3.63) is 64.7 Å². The predicted molar refractivity (Wildman–Crippen MR) is 89.9 cm³/mol. The Labute approximate surface area is 150 Å². The smallest absolute Gasteiger partial charge is 0.288 e. The maximum atomic E-state index is 13.3. The fraction of sp³-hybridized carbons (Fsp3) is 0.176. The molecule has 0 unspecified atom stereocenters. The first-order valence-corrected chi connectivity index (χ1v) is 8.44. The van der Waals surface area contributed by atoms with Crippen molar-refractivity contribution in [1.29, 1.82) is 0 Å². The lowest BCUT2D eigenvalue weighted by atomic mass is 10.1. The zero-order valence-corrected chi connectivity index (χ0v) is 14.1. The Hall–Kier alpha value is -2.65. The zero-order valence-electron chi connectivity index (χ0n) is 13.3. The Balaban J connectivity index is 1.89. The van der Waals surface area contributed by atoms with Crippen molar-refractivity contribution in [3.63, 3.8) is 0 Å². The highest BCUT2D eigenvalue weighted by Crippen LogP contribution is 2.34. The molecule has 0 saturated heterocycles. The molecule has 2 aromatic heterocycles. The number of hydrogen-bond donors (Lipinski definition) is 2. The lowest BCUT2D eigenvalue weighted by molar-refractivity contribution is -0.144. The summed E-state index contributed by atoms with van der Waals surface area (Å²) in [7, 11) is 0. The highest BCUT2D eigenvalue weighted by atomic mass is 32.1. The lowest BCUT2D eigenvalue weighted by Crippen LogP contribution is -2.16. The van der Waals surface area contributed by atoms with Gasteiger partial charge in [-0.05, 0) is 30.2 Å². The van der Waals surface area contributed by atoms with Crippen molar-refractivity contribution in [3.8, 4) is 10.6 Å². The van der Waals surface area contributed by atoms with Gasteiger partial charge >= 0.3 is 6.18 Å². The molecule has 0 fully saturated rings. The number of alkyl halides is 3. The molecule has 0 aliphatic heterocycles. The van der Waals surface area contributed by atoms with Crippen LogP contribution in [-0.2, 0) is 19.1 Å². The van der Waals surface area contributed by atoms with E-state index in [1.807, 2.05) is 30.3 Å². The van der Waals surface area contributed by atoms with Crippen LogP contribution in [0, 0.1) is 0 Å². The van der Waals surface area contributed by atoms with Gasteiger partial charge in [0, 0.05) is 6.54 Å². The maximum Gasteiger partial charge on any atom is 0.433 e. The summed E-state index contributed by atoms with van der Waals surface area (Å²) in [5, 5.41) is 12.7. The number of nitrogens with zero attached hydrogens (tertiary/aromatic N) is 2. The highest BCUT2D eigenvalue weighted by Gasteiger charge is 2.36. The van der Waals surface area contributed by atoms with Crippen LogP contribution in [0.15, 0.2) is 48.5 Å².